The lowest BCUT2D eigenvalue weighted by Crippen LogP contribution is -1.95. The minimum Gasteiger partial charge on any atom is -0.497 e. The number of rotatable bonds is 3. The topological polar surface area (TPSA) is 89.7 Å². The molecule has 6 heteroatoms. The highest BCUT2D eigenvalue weighted by molar-refractivity contribution is 6.01. The first-order valence-corrected chi connectivity index (χ1v) is 7.87. The van der Waals surface area contributed by atoms with Crippen molar-refractivity contribution in [3.05, 3.63) is 54.4 Å². The van der Waals surface area contributed by atoms with Crippen molar-refractivity contribution < 1.29 is 4.74 Å². The standard InChI is InChI=1S/C19H17N5O/c1-11-8-13(25-2)5-6-14(11)18-17-16(23-24-19(17)20)9-15(22-18)12-4-3-7-21-10-12/h3-10H,1-2H3,(H3,20,23,24). The van der Waals surface area contributed by atoms with Gasteiger partial charge in [-0.25, -0.2) is 4.98 Å². The van der Waals surface area contributed by atoms with Gasteiger partial charge < -0.3 is 10.5 Å². The lowest BCUT2D eigenvalue weighted by Gasteiger charge is -2.11. The van der Waals surface area contributed by atoms with Crippen molar-refractivity contribution in [3.63, 3.8) is 0 Å². The number of nitrogens with zero attached hydrogens (tertiary/aromatic N) is 3. The smallest absolute Gasteiger partial charge is 0.155 e. The fourth-order valence-corrected chi connectivity index (χ4v) is 2.95. The van der Waals surface area contributed by atoms with Crippen LogP contribution in [0.4, 0.5) is 5.82 Å². The lowest BCUT2D eigenvalue weighted by molar-refractivity contribution is 0.414. The van der Waals surface area contributed by atoms with Crippen LogP contribution in [-0.4, -0.2) is 27.3 Å². The summed E-state index contributed by atoms with van der Waals surface area (Å²) in [4.78, 5) is 9.05. The van der Waals surface area contributed by atoms with Crippen LogP contribution >= 0.6 is 0 Å². The number of fused-ring (bicyclic) bond motifs is 1. The van der Waals surface area contributed by atoms with E-state index in [9.17, 15) is 0 Å². The van der Waals surface area contributed by atoms with E-state index in [0.29, 0.717) is 5.82 Å². The van der Waals surface area contributed by atoms with Gasteiger partial charge in [0.1, 0.15) is 5.75 Å². The fourth-order valence-electron chi connectivity index (χ4n) is 2.95. The van der Waals surface area contributed by atoms with Gasteiger partial charge in [0.05, 0.1) is 29.4 Å². The summed E-state index contributed by atoms with van der Waals surface area (Å²) in [6.45, 7) is 2.03. The molecule has 0 aliphatic carbocycles. The molecule has 0 saturated heterocycles. The highest BCUT2D eigenvalue weighted by atomic mass is 16.5. The summed E-state index contributed by atoms with van der Waals surface area (Å²) in [5.41, 5.74) is 11.5. The van der Waals surface area contributed by atoms with Gasteiger partial charge in [0.25, 0.3) is 0 Å². The average Bonchev–Trinajstić information content (AvgIpc) is 3.03. The molecule has 0 unspecified atom stereocenters. The van der Waals surface area contributed by atoms with Gasteiger partial charge in [-0.2, -0.15) is 5.10 Å². The molecule has 3 heterocycles. The first kappa shape index (κ1) is 15.1. The molecular weight excluding hydrogens is 314 g/mol. The van der Waals surface area contributed by atoms with E-state index in [1.165, 1.54) is 0 Å². The molecule has 0 radical (unpaired) electrons. The van der Waals surface area contributed by atoms with Crippen LogP contribution < -0.4 is 10.5 Å². The molecule has 4 rings (SSSR count). The van der Waals surface area contributed by atoms with Crippen LogP contribution in [0.1, 0.15) is 5.56 Å². The van der Waals surface area contributed by atoms with Gasteiger partial charge in [-0.1, -0.05) is 0 Å². The Morgan fingerprint density at radius 1 is 1.16 bits per heavy atom. The van der Waals surface area contributed by atoms with Crippen molar-refractivity contribution in [3.8, 4) is 28.3 Å². The van der Waals surface area contributed by atoms with E-state index in [2.05, 4.69) is 15.2 Å². The van der Waals surface area contributed by atoms with Crippen LogP contribution in [0.2, 0.25) is 0 Å². The SMILES string of the molecule is COc1ccc(-c2nc(-c3cccnc3)cc3[nH]nc(N)c23)c(C)c1. The third-order valence-corrected chi connectivity index (χ3v) is 4.22. The number of hydrogen-bond acceptors (Lipinski definition) is 5. The first-order chi connectivity index (χ1) is 12.2. The molecule has 1 aromatic carbocycles. The number of pyridine rings is 2. The Morgan fingerprint density at radius 3 is 2.76 bits per heavy atom. The summed E-state index contributed by atoms with van der Waals surface area (Å²) in [5, 5.41) is 7.96. The maximum atomic E-state index is 6.09. The third-order valence-electron chi connectivity index (χ3n) is 4.22. The molecule has 0 bridgehead atoms. The maximum absolute atomic E-state index is 6.09. The number of hydrogen-bond donors (Lipinski definition) is 2. The number of anilines is 1. The molecule has 4 aromatic rings. The van der Waals surface area contributed by atoms with Gasteiger partial charge in [-0.15, -0.1) is 0 Å². The van der Waals surface area contributed by atoms with Crippen LogP contribution in [0.3, 0.4) is 0 Å². The fraction of sp³-hybridized carbons (Fsp3) is 0.105. The Bertz CT molecular complexity index is 1060. The zero-order chi connectivity index (χ0) is 17.4. The molecule has 3 aromatic heterocycles. The Kier molecular flexibility index (Phi) is 3.57. The molecule has 6 nitrogen and oxygen atoms in total. The number of ether oxygens (including phenoxy) is 1. The van der Waals surface area contributed by atoms with E-state index < -0.39 is 0 Å². The van der Waals surface area contributed by atoms with Crippen LogP contribution in [0.5, 0.6) is 5.75 Å². The lowest BCUT2D eigenvalue weighted by atomic mass is 10.0. The van der Waals surface area contributed by atoms with Crippen molar-refractivity contribution >= 4 is 16.7 Å². The first-order valence-electron chi connectivity index (χ1n) is 7.87. The minimum atomic E-state index is 0.436. The summed E-state index contributed by atoms with van der Waals surface area (Å²) in [5.74, 6) is 1.24. The number of H-pyrrole nitrogens is 1. The van der Waals surface area contributed by atoms with E-state index in [4.69, 9.17) is 15.5 Å². The van der Waals surface area contributed by atoms with E-state index >= 15 is 0 Å². The molecule has 3 N–H and O–H groups in total. The average molecular weight is 331 g/mol. The van der Waals surface area contributed by atoms with Crippen LogP contribution in [-0.2, 0) is 0 Å². The maximum Gasteiger partial charge on any atom is 0.155 e. The quantitative estimate of drug-likeness (QED) is 0.599. The number of nitrogens with two attached hydrogens (primary N) is 1. The van der Waals surface area contributed by atoms with Crippen molar-refractivity contribution in [2.24, 2.45) is 0 Å². The molecule has 0 atom stereocenters. The van der Waals surface area contributed by atoms with Crippen LogP contribution in [0.15, 0.2) is 48.8 Å². The predicted molar refractivity (Wildman–Crippen MR) is 98.3 cm³/mol. The number of nitrogens with one attached hydrogen (secondary N) is 1. The predicted octanol–water partition coefficient (Wildman–Crippen LogP) is 3.59. The van der Waals surface area contributed by atoms with Gasteiger partial charge >= 0.3 is 0 Å². The van der Waals surface area contributed by atoms with Crippen molar-refractivity contribution in [1.29, 1.82) is 0 Å². The summed E-state index contributed by atoms with van der Waals surface area (Å²) in [6.07, 6.45) is 3.53. The molecule has 25 heavy (non-hydrogen) atoms. The second-order valence-electron chi connectivity index (χ2n) is 5.81. The van der Waals surface area contributed by atoms with E-state index in [1.54, 1.807) is 19.5 Å². The summed E-state index contributed by atoms with van der Waals surface area (Å²) in [6, 6.07) is 11.7. The number of benzene rings is 1. The van der Waals surface area contributed by atoms with Gasteiger partial charge in [-0.05, 0) is 48.9 Å². The number of methoxy groups -OCH3 is 1. The molecule has 0 amide bonds. The third kappa shape index (κ3) is 2.57. The Balaban J connectivity index is 2.00. The Labute approximate surface area is 144 Å². The van der Waals surface area contributed by atoms with E-state index in [-0.39, 0.29) is 0 Å². The molecule has 0 aliphatic heterocycles. The summed E-state index contributed by atoms with van der Waals surface area (Å²) in [7, 11) is 1.65. The molecule has 0 spiro atoms. The highest BCUT2D eigenvalue weighted by Crippen LogP contribution is 2.35. The second-order valence-corrected chi connectivity index (χ2v) is 5.81. The van der Waals surface area contributed by atoms with Gasteiger partial charge in [-0.3, -0.25) is 10.1 Å². The van der Waals surface area contributed by atoms with Gasteiger partial charge in [0.15, 0.2) is 5.82 Å². The number of aryl methyl sites for hydroxylation is 1. The van der Waals surface area contributed by atoms with Crippen LogP contribution in [0.25, 0.3) is 33.4 Å². The Morgan fingerprint density at radius 2 is 2.04 bits per heavy atom. The zero-order valence-electron chi connectivity index (χ0n) is 13.9. The monoisotopic (exact) mass is 331 g/mol. The van der Waals surface area contributed by atoms with Crippen molar-refractivity contribution in [2.45, 2.75) is 6.92 Å². The number of nitrogen functional groups attached to an aromatic ring is 1. The molecule has 0 fully saturated rings. The normalized spacial score (nSPS) is 11.0. The van der Waals surface area contributed by atoms with E-state index in [0.717, 1.165) is 44.7 Å². The highest BCUT2D eigenvalue weighted by Gasteiger charge is 2.16. The number of aromatic amines is 1. The van der Waals surface area contributed by atoms with Gasteiger partial charge in [0, 0.05) is 23.5 Å². The summed E-state index contributed by atoms with van der Waals surface area (Å²) < 4.78 is 5.30. The van der Waals surface area contributed by atoms with E-state index in [1.807, 2.05) is 43.3 Å². The van der Waals surface area contributed by atoms with Crippen molar-refractivity contribution in [2.75, 3.05) is 12.8 Å². The summed E-state index contributed by atoms with van der Waals surface area (Å²) >= 11 is 0. The molecular formula is C19H17N5O. The van der Waals surface area contributed by atoms with Crippen molar-refractivity contribution in [1.82, 2.24) is 20.2 Å². The Hall–Kier alpha value is -3.41. The minimum absolute atomic E-state index is 0.436. The molecule has 0 saturated carbocycles. The molecule has 0 aliphatic rings. The largest absolute Gasteiger partial charge is 0.497 e. The molecule has 124 valence electrons. The number of aromatic nitrogens is 4. The van der Waals surface area contributed by atoms with Crippen LogP contribution in [0, 0.1) is 6.92 Å². The zero-order valence-corrected chi connectivity index (χ0v) is 13.9. The second kappa shape index (κ2) is 5.90. The van der Waals surface area contributed by atoms with Gasteiger partial charge in [0.2, 0.25) is 0 Å².